The zero-order valence-electron chi connectivity index (χ0n) is 12.0. The van der Waals surface area contributed by atoms with Gasteiger partial charge in [0.2, 0.25) is 0 Å². The van der Waals surface area contributed by atoms with Gasteiger partial charge >= 0.3 is 0 Å². The summed E-state index contributed by atoms with van der Waals surface area (Å²) in [4.78, 5) is 12.6. The van der Waals surface area contributed by atoms with Crippen molar-refractivity contribution in [2.24, 2.45) is 0 Å². The first-order valence-electron chi connectivity index (χ1n) is 6.61. The normalized spacial score (nSPS) is 21.8. The second-order valence-electron chi connectivity index (χ2n) is 5.79. The molecule has 1 saturated heterocycles. The van der Waals surface area contributed by atoms with E-state index < -0.39 is 0 Å². The second kappa shape index (κ2) is 5.38. The summed E-state index contributed by atoms with van der Waals surface area (Å²) >= 11 is 0. The van der Waals surface area contributed by atoms with E-state index in [4.69, 9.17) is 4.74 Å². The highest BCUT2D eigenvalue weighted by molar-refractivity contribution is 5.55. The van der Waals surface area contributed by atoms with Crippen LogP contribution in [0.2, 0.25) is 0 Å². The lowest BCUT2D eigenvalue weighted by Gasteiger charge is -2.43. The molecule has 1 aliphatic rings. The van der Waals surface area contributed by atoms with E-state index in [0.717, 1.165) is 5.69 Å². The van der Waals surface area contributed by atoms with Gasteiger partial charge in [0.05, 0.1) is 23.2 Å². The van der Waals surface area contributed by atoms with Gasteiger partial charge in [0.1, 0.15) is 0 Å². The average molecular weight is 280 g/mol. The lowest BCUT2D eigenvalue weighted by Crippen LogP contribution is -2.54. The summed E-state index contributed by atoms with van der Waals surface area (Å²) in [7, 11) is 0. The number of aliphatic hydroxyl groups excluding tert-OH is 1. The van der Waals surface area contributed by atoms with Gasteiger partial charge in [-0.3, -0.25) is 10.1 Å². The average Bonchev–Trinajstić information content (AvgIpc) is 2.36. The molecule has 0 amide bonds. The van der Waals surface area contributed by atoms with Crippen LogP contribution in [0.4, 0.5) is 11.4 Å². The van der Waals surface area contributed by atoms with Crippen LogP contribution in [-0.4, -0.2) is 41.4 Å². The van der Waals surface area contributed by atoms with Crippen molar-refractivity contribution < 1.29 is 14.8 Å². The maximum atomic E-state index is 10.8. The fourth-order valence-corrected chi connectivity index (χ4v) is 2.63. The van der Waals surface area contributed by atoms with Crippen molar-refractivity contribution in [1.29, 1.82) is 0 Å². The van der Waals surface area contributed by atoms with E-state index >= 15 is 0 Å². The summed E-state index contributed by atoms with van der Waals surface area (Å²) in [6.07, 6.45) is -0.241. The van der Waals surface area contributed by atoms with E-state index in [2.05, 4.69) is 4.90 Å². The summed E-state index contributed by atoms with van der Waals surface area (Å²) in [6.45, 7) is 6.90. The number of rotatable bonds is 3. The molecular weight excluding hydrogens is 260 g/mol. The molecule has 110 valence electrons. The highest BCUT2D eigenvalue weighted by Gasteiger charge is 2.33. The number of morpholine rings is 1. The van der Waals surface area contributed by atoms with Gasteiger partial charge in [0.25, 0.3) is 5.69 Å². The third-order valence-electron chi connectivity index (χ3n) is 3.43. The van der Waals surface area contributed by atoms with Crippen LogP contribution in [0.25, 0.3) is 0 Å². The highest BCUT2D eigenvalue weighted by atomic mass is 16.6. The van der Waals surface area contributed by atoms with Gasteiger partial charge in [0.15, 0.2) is 0 Å². The number of ether oxygens (including phenoxy) is 1. The minimum Gasteiger partial charge on any atom is -0.394 e. The zero-order valence-corrected chi connectivity index (χ0v) is 12.0. The van der Waals surface area contributed by atoms with E-state index in [0.29, 0.717) is 18.7 Å². The van der Waals surface area contributed by atoms with Gasteiger partial charge in [-0.25, -0.2) is 0 Å². The molecule has 6 heteroatoms. The number of anilines is 1. The Hall–Kier alpha value is -1.66. The van der Waals surface area contributed by atoms with Crippen LogP contribution in [0, 0.1) is 17.0 Å². The van der Waals surface area contributed by atoms with Gasteiger partial charge in [-0.2, -0.15) is 0 Å². The summed E-state index contributed by atoms with van der Waals surface area (Å²) in [5, 5.41) is 20.2. The Bertz CT molecular complexity index is 516. The Morgan fingerprint density at radius 1 is 1.55 bits per heavy atom. The van der Waals surface area contributed by atoms with Gasteiger partial charge in [0, 0.05) is 30.4 Å². The van der Waals surface area contributed by atoms with E-state index in [1.807, 2.05) is 19.9 Å². The number of nitrogens with zero attached hydrogens (tertiary/aromatic N) is 2. The smallest absolute Gasteiger partial charge is 0.272 e. The van der Waals surface area contributed by atoms with Gasteiger partial charge < -0.3 is 14.7 Å². The molecule has 6 nitrogen and oxygen atoms in total. The number of benzene rings is 1. The van der Waals surface area contributed by atoms with Crippen molar-refractivity contribution in [3.63, 3.8) is 0 Å². The molecular formula is C14H20N2O4. The molecule has 20 heavy (non-hydrogen) atoms. The van der Waals surface area contributed by atoms with Crippen LogP contribution in [0.15, 0.2) is 18.2 Å². The minimum absolute atomic E-state index is 0.0358. The molecule has 1 heterocycles. The summed E-state index contributed by atoms with van der Waals surface area (Å²) in [6, 6.07) is 5.09. The molecule has 0 saturated carbocycles. The van der Waals surface area contributed by atoms with Gasteiger partial charge in [-0.05, 0) is 32.9 Å². The van der Waals surface area contributed by atoms with Crippen LogP contribution in [0.5, 0.6) is 0 Å². The highest BCUT2D eigenvalue weighted by Crippen LogP contribution is 2.29. The molecule has 1 aliphatic heterocycles. The Kier molecular flexibility index (Phi) is 3.96. The van der Waals surface area contributed by atoms with E-state index in [-0.39, 0.29) is 28.9 Å². The number of nitro benzene ring substituents is 1. The maximum Gasteiger partial charge on any atom is 0.272 e. The minimum atomic E-state index is -0.376. The zero-order chi connectivity index (χ0) is 14.9. The molecule has 0 aromatic heterocycles. The standard InChI is InChI=1S/C14H20N2O4/c1-10-6-11(4-5-13(10)16(18)19)15-7-12(8-17)20-14(2,3)9-15/h4-6,12,17H,7-9H2,1-3H3. The predicted octanol–water partition coefficient (Wildman–Crippen LogP) is 1.88. The summed E-state index contributed by atoms with van der Waals surface area (Å²) in [5.74, 6) is 0. The lowest BCUT2D eigenvalue weighted by molar-refractivity contribution is -0.385. The topological polar surface area (TPSA) is 75.8 Å². The Morgan fingerprint density at radius 3 is 2.80 bits per heavy atom. The number of hydrogen-bond acceptors (Lipinski definition) is 5. The molecule has 1 aromatic rings. The number of hydrogen-bond donors (Lipinski definition) is 1. The molecule has 1 N–H and O–H groups in total. The fraction of sp³-hybridized carbons (Fsp3) is 0.571. The molecule has 1 unspecified atom stereocenters. The molecule has 1 fully saturated rings. The van der Waals surface area contributed by atoms with Gasteiger partial charge in [-0.15, -0.1) is 0 Å². The van der Waals surface area contributed by atoms with Crippen LogP contribution < -0.4 is 4.90 Å². The quantitative estimate of drug-likeness (QED) is 0.676. The van der Waals surface area contributed by atoms with Crippen molar-refractivity contribution in [3.05, 3.63) is 33.9 Å². The van der Waals surface area contributed by atoms with Crippen LogP contribution >= 0.6 is 0 Å². The molecule has 0 radical (unpaired) electrons. The largest absolute Gasteiger partial charge is 0.394 e. The number of aryl methyl sites for hydroxylation is 1. The van der Waals surface area contributed by atoms with Crippen molar-refractivity contribution in [2.75, 3.05) is 24.6 Å². The number of nitro groups is 1. The molecule has 1 atom stereocenters. The first-order chi connectivity index (χ1) is 9.32. The first-order valence-corrected chi connectivity index (χ1v) is 6.61. The van der Waals surface area contributed by atoms with Crippen molar-refractivity contribution in [2.45, 2.75) is 32.5 Å². The molecule has 0 bridgehead atoms. The van der Waals surface area contributed by atoms with Crippen molar-refractivity contribution >= 4 is 11.4 Å². The summed E-state index contributed by atoms with van der Waals surface area (Å²) in [5.41, 5.74) is 1.32. The molecule has 0 aliphatic carbocycles. The van der Waals surface area contributed by atoms with E-state index in [1.165, 1.54) is 6.07 Å². The molecule has 1 aromatic carbocycles. The first kappa shape index (κ1) is 14.7. The van der Waals surface area contributed by atoms with Crippen molar-refractivity contribution in [1.82, 2.24) is 0 Å². The third-order valence-corrected chi connectivity index (χ3v) is 3.43. The Morgan fingerprint density at radius 2 is 2.25 bits per heavy atom. The lowest BCUT2D eigenvalue weighted by atomic mass is 10.0. The summed E-state index contributed by atoms with van der Waals surface area (Å²) < 4.78 is 5.77. The molecule has 0 spiro atoms. The molecule has 2 rings (SSSR count). The predicted molar refractivity (Wildman–Crippen MR) is 76.1 cm³/mol. The number of aliphatic hydroxyl groups is 1. The maximum absolute atomic E-state index is 10.8. The third kappa shape index (κ3) is 3.08. The Labute approximate surface area is 118 Å². The SMILES string of the molecule is Cc1cc(N2CC(CO)OC(C)(C)C2)ccc1[N+](=O)[O-]. The Balaban J connectivity index is 2.26. The second-order valence-corrected chi connectivity index (χ2v) is 5.79. The van der Waals surface area contributed by atoms with Crippen LogP contribution in [0.3, 0.4) is 0 Å². The van der Waals surface area contributed by atoms with E-state index in [1.54, 1.807) is 13.0 Å². The van der Waals surface area contributed by atoms with Gasteiger partial charge in [-0.1, -0.05) is 0 Å². The van der Waals surface area contributed by atoms with Crippen molar-refractivity contribution in [3.8, 4) is 0 Å². The van der Waals surface area contributed by atoms with E-state index in [9.17, 15) is 15.2 Å². The fourth-order valence-electron chi connectivity index (χ4n) is 2.63. The van der Waals surface area contributed by atoms with Crippen LogP contribution in [0.1, 0.15) is 19.4 Å². The van der Waals surface area contributed by atoms with Crippen LogP contribution in [-0.2, 0) is 4.74 Å². The monoisotopic (exact) mass is 280 g/mol.